The zero-order chi connectivity index (χ0) is 20.6. The topological polar surface area (TPSA) is 20.2 Å². The molecule has 28 heavy (non-hydrogen) atoms. The molecule has 1 N–H and O–H groups in total. The highest BCUT2D eigenvalue weighted by Crippen LogP contribution is 2.27. The van der Waals surface area contributed by atoms with Crippen molar-refractivity contribution < 1.29 is 5.11 Å². The van der Waals surface area contributed by atoms with Gasteiger partial charge >= 0.3 is 0 Å². The Labute approximate surface area is 175 Å². The van der Waals surface area contributed by atoms with Crippen molar-refractivity contribution in [2.24, 2.45) is 11.8 Å². The Morgan fingerprint density at radius 3 is 2.11 bits per heavy atom. The molecule has 2 atom stereocenters. The fraction of sp³-hybridized carbons (Fsp3) is 0.704. The Hall–Kier alpha value is -1.24. The number of allylic oxidation sites excluding steroid dienone is 2. The molecule has 2 unspecified atom stereocenters. The number of phenols is 1. The van der Waals surface area contributed by atoms with E-state index in [9.17, 15) is 5.11 Å². The molecule has 0 amide bonds. The second-order valence-electron chi connectivity index (χ2n) is 9.04. The second-order valence-corrected chi connectivity index (χ2v) is 9.04. The van der Waals surface area contributed by atoms with Gasteiger partial charge in [-0.3, -0.25) is 0 Å². The van der Waals surface area contributed by atoms with E-state index in [1.54, 1.807) is 6.07 Å². The molecule has 0 aliphatic rings. The molecule has 0 spiro atoms. The van der Waals surface area contributed by atoms with Crippen LogP contribution in [0.25, 0.3) is 0 Å². The zero-order valence-electron chi connectivity index (χ0n) is 19.2. The van der Waals surface area contributed by atoms with Crippen LogP contribution in [0.1, 0.15) is 110 Å². The van der Waals surface area contributed by atoms with E-state index in [0.717, 1.165) is 18.3 Å². The molecule has 1 aromatic carbocycles. The molecular formula is C27H46O. The van der Waals surface area contributed by atoms with Gasteiger partial charge in [-0.2, -0.15) is 0 Å². The molecular weight excluding hydrogens is 340 g/mol. The van der Waals surface area contributed by atoms with Crippen molar-refractivity contribution in [3.8, 4) is 5.75 Å². The lowest BCUT2D eigenvalue weighted by Gasteiger charge is -2.22. The summed E-state index contributed by atoms with van der Waals surface area (Å²) >= 11 is 0. The van der Waals surface area contributed by atoms with Crippen LogP contribution in [-0.2, 0) is 6.42 Å². The number of hydrogen-bond donors (Lipinski definition) is 1. The van der Waals surface area contributed by atoms with E-state index < -0.39 is 0 Å². The van der Waals surface area contributed by atoms with Gasteiger partial charge in [0.25, 0.3) is 0 Å². The predicted octanol–water partition coefficient (Wildman–Crippen LogP) is 8.85. The Morgan fingerprint density at radius 1 is 0.893 bits per heavy atom. The van der Waals surface area contributed by atoms with Gasteiger partial charge in [0.1, 0.15) is 5.75 Å². The summed E-state index contributed by atoms with van der Waals surface area (Å²) in [6, 6.07) is 7.71. The number of hydrogen-bond acceptors (Lipinski definition) is 1. The number of benzene rings is 1. The Balaban J connectivity index is 2.17. The van der Waals surface area contributed by atoms with Gasteiger partial charge in [-0.15, -0.1) is 0 Å². The summed E-state index contributed by atoms with van der Waals surface area (Å²) in [5.41, 5.74) is 2.73. The average molecular weight is 387 g/mol. The maximum absolute atomic E-state index is 9.52. The third-order valence-electron chi connectivity index (χ3n) is 5.97. The molecule has 0 heterocycles. The number of phenolic OH excluding ortho intramolecular Hbond substituents is 1. The lowest BCUT2D eigenvalue weighted by atomic mass is 9.83. The van der Waals surface area contributed by atoms with Crippen LogP contribution in [0.2, 0.25) is 0 Å². The maximum Gasteiger partial charge on any atom is 0.115 e. The first-order chi connectivity index (χ1) is 13.5. The van der Waals surface area contributed by atoms with Gasteiger partial charge < -0.3 is 5.11 Å². The molecule has 0 saturated heterocycles. The quantitative estimate of drug-likeness (QED) is 0.222. The van der Waals surface area contributed by atoms with Crippen LogP contribution < -0.4 is 0 Å². The highest BCUT2D eigenvalue weighted by atomic mass is 16.3. The predicted molar refractivity (Wildman–Crippen MR) is 125 cm³/mol. The number of aromatic hydroxyl groups is 1. The highest BCUT2D eigenvalue weighted by Gasteiger charge is 2.14. The number of aryl methyl sites for hydroxylation is 1. The van der Waals surface area contributed by atoms with Crippen molar-refractivity contribution in [1.29, 1.82) is 0 Å². The molecule has 160 valence electrons. The SMILES string of the molecule is CCCCCCC(CCCCCCCCc1cccc(O)c1)C(C)C=C(C)C. The normalized spacial score (nSPS) is 13.3. The van der Waals surface area contributed by atoms with E-state index in [1.807, 2.05) is 12.1 Å². The largest absolute Gasteiger partial charge is 0.508 e. The van der Waals surface area contributed by atoms with Crippen LogP contribution in [0.5, 0.6) is 5.75 Å². The summed E-state index contributed by atoms with van der Waals surface area (Å²) in [5.74, 6) is 2.00. The molecule has 1 nitrogen and oxygen atoms in total. The van der Waals surface area contributed by atoms with Gasteiger partial charge in [0, 0.05) is 0 Å². The third kappa shape index (κ3) is 12.3. The molecule has 0 bridgehead atoms. The van der Waals surface area contributed by atoms with Gasteiger partial charge in [-0.05, 0) is 69.1 Å². The molecule has 1 rings (SSSR count). The molecule has 0 aromatic heterocycles. The van der Waals surface area contributed by atoms with Crippen molar-refractivity contribution in [2.75, 3.05) is 0 Å². The van der Waals surface area contributed by atoms with Crippen LogP contribution in [0.3, 0.4) is 0 Å². The monoisotopic (exact) mass is 386 g/mol. The smallest absolute Gasteiger partial charge is 0.115 e. The van der Waals surface area contributed by atoms with Crippen LogP contribution in [0.15, 0.2) is 35.9 Å². The summed E-state index contributed by atoms with van der Waals surface area (Å²) < 4.78 is 0. The number of rotatable bonds is 16. The number of unbranched alkanes of at least 4 members (excludes halogenated alkanes) is 8. The summed E-state index contributed by atoms with van der Waals surface area (Å²) in [7, 11) is 0. The minimum absolute atomic E-state index is 0.393. The molecule has 0 aliphatic heterocycles. The van der Waals surface area contributed by atoms with Crippen molar-refractivity contribution in [2.45, 2.75) is 111 Å². The fourth-order valence-electron chi connectivity index (χ4n) is 4.32. The van der Waals surface area contributed by atoms with E-state index in [4.69, 9.17) is 0 Å². The standard InChI is InChI=1S/C27H46O/c1-5-6-7-13-18-26(24(4)21-23(2)3)19-14-11-9-8-10-12-16-25-17-15-20-27(28)22-25/h15,17,20-22,24,26,28H,5-14,16,18-19H2,1-4H3. The third-order valence-corrected chi connectivity index (χ3v) is 5.97. The van der Waals surface area contributed by atoms with Gasteiger partial charge in [0.05, 0.1) is 0 Å². The summed E-state index contributed by atoms with van der Waals surface area (Å²) in [6.07, 6.45) is 20.0. The van der Waals surface area contributed by atoms with Crippen LogP contribution in [0.4, 0.5) is 0 Å². The first-order valence-electron chi connectivity index (χ1n) is 12.0. The van der Waals surface area contributed by atoms with E-state index in [-0.39, 0.29) is 0 Å². The van der Waals surface area contributed by atoms with Gasteiger partial charge in [0.2, 0.25) is 0 Å². The second kappa shape index (κ2) is 15.7. The van der Waals surface area contributed by atoms with E-state index in [0.29, 0.717) is 5.75 Å². The highest BCUT2D eigenvalue weighted by molar-refractivity contribution is 5.27. The van der Waals surface area contributed by atoms with Crippen molar-refractivity contribution in [1.82, 2.24) is 0 Å². The fourth-order valence-corrected chi connectivity index (χ4v) is 4.32. The molecule has 0 saturated carbocycles. The molecule has 0 radical (unpaired) electrons. The lowest BCUT2D eigenvalue weighted by Crippen LogP contribution is -2.10. The molecule has 0 aliphatic carbocycles. The molecule has 1 heteroatoms. The van der Waals surface area contributed by atoms with Gasteiger partial charge in [-0.1, -0.05) is 95.4 Å². The van der Waals surface area contributed by atoms with E-state index in [2.05, 4.69) is 39.8 Å². The Kier molecular flexibility index (Phi) is 13.9. The molecule has 0 fully saturated rings. The van der Waals surface area contributed by atoms with Crippen molar-refractivity contribution >= 4 is 0 Å². The maximum atomic E-state index is 9.52. The summed E-state index contributed by atoms with van der Waals surface area (Å²) in [5, 5.41) is 9.52. The Bertz CT molecular complexity index is 527. The zero-order valence-corrected chi connectivity index (χ0v) is 19.2. The van der Waals surface area contributed by atoms with Gasteiger partial charge in [-0.25, -0.2) is 0 Å². The van der Waals surface area contributed by atoms with Gasteiger partial charge in [0.15, 0.2) is 0 Å². The summed E-state index contributed by atoms with van der Waals surface area (Å²) in [4.78, 5) is 0. The van der Waals surface area contributed by atoms with Crippen LogP contribution in [-0.4, -0.2) is 5.11 Å². The first-order valence-corrected chi connectivity index (χ1v) is 12.0. The summed E-state index contributed by atoms with van der Waals surface area (Å²) in [6.45, 7) is 9.20. The minimum atomic E-state index is 0.393. The minimum Gasteiger partial charge on any atom is -0.508 e. The van der Waals surface area contributed by atoms with Crippen LogP contribution >= 0.6 is 0 Å². The van der Waals surface area contributed by atoms with Crippen molar-refractivity contribution in [3.05, 3.63) is 41.5 Å². The van der Waals surface area contributed by atoms with Crippen molar-refractivity contribution in [3.63, 3.8) is 0 Å². The van der Waals surface area contributed by atoms with E-state index in [1.165, 1.54) is 88.2 Å². The molecule has 1 aromatic rings. The lowest BCUT2D eigenvalue weighted by molar-refractivity contribution is 0.336. The Morgan fingerprint density at radius 2 is 1.50 bits per heavy atom. The van der Waals surface area contributed by atoms with Crippen LogP contribution in [0, 0.1) is 11.8 Å². The van der Waals surface area contributed by atoms with E-state index >= 15 is 0 Å². The first kappa shape index (κ1) is 24.8. The average Bonchev–Trinajstić information content (AvgIpc) is 2.65.